The third-order valence-corrected chi connectivity index (χ3v) is 5.76. The summed E-state index contributed by atoms with van der Waals surface area (Å²) in [6.45, 7) is 14.7. The number of allylic oxidation sites excluding steroid dienone is 3. The Labute approximate surface area is 156 Å². The number of rotatable bonds is 8. The Bertz CT molecular complexity index is 449. The number of nitrogens with one attached hydrogen (secondary N) is 1. The quantitative estimate of drug-likeness (QED) is 0.536. The average molecular weight is 348 g/mol. The highest BCUT2D eigenvalue weighted by atomic mass is 16.5. The van der Waals surface area contributed by atoms with Crippen LogP contribution in [0.3, 0.4) is 0 Å². The summed E-state index contributed by atoms with van der Waals surface area (Å²) in [5.74, 6) is 2.57. The molecule has 1 atom stereocenters. The van der Waals surface area contributed by atoms with E-state index in [1.807, 2.05) is 0 Å². The van der Waals surface area contributed by atoms with Gasteiger partial charge in [-0.1, -0.05) is 60.0 Å². The number of ether oxygens (including phenoxy) is 1. The molecule has 0 spiro atoms. The second kappa shape index (κ2) is 9.26. The Balaban J connectivity index is 1.63. The van der Waals surface area contributed by atoms with E-state index in [-0.39, 0.29) is 0 Å². The van der Waals surface area contributed by atoms with Gasteiger partial charge in [-0.2, -0.15) is 0 Å². The van der Waals surface area contributed by atoms with Crippen molar-refractivity contribution in [2.45, 2.75) is 79.6 Å². The molecular weight excluding hydrogens is 306 g/mol. The molecule has 0 radical (unpaired) electrons. The summed E-state index contributed by atoms with van der Waals surface area (Å²) >= 11 is 0. The molecule has 0 bridgehead atoms. The monoisotopic (exact) mass is 347 g/mol. The van der Waals surface area contributed by atoms with E-state index in [0.29, 0.717) is 16.7 Å². The first kappa shape index (κ1) is 20.6. The highest BCUT2D eigenvalue weighted by Crippen LogP contribution is 2.42. The largest absolute Gasteiger partial charge is 0.493 e. The molecule has 0 heterocycles. The van der Waals surface area contributed by atoms with Crippen LogP contribution in [-0.2, 0) is 4.74 Å². The Kier molecular flexibility index (Phi) is 7.61. The molecule has 0 saturated heterocycles. The lowest BCUT2D eigenvalue weighted by molar-refractivity contribution is 0.153. The third kappa shape index (κ3) is 7.56. The van der Waals surface area contributed by atoms with Crippen molar-refractivity contribution in [2.75, 3.05) is 19.7 Å². The molecule has 144 valence electrons. The summed E-state index contributed by atoms with van der Waals surface area (Å²) in [6, 6.07) is 0. The van der Waals surface area contributed by atoms with Crippen LogP contribution in [0.15, 0.2) is 24.0 Å². The first-order valence-corrected chi connectivity index (χ1v) is 10.5. The minimum absolute atomic E-state index is 0.332. The van der Waals surface area contributed by atoms with E-state index in [1.54, 1.807) is 0 Å². The average Bonchev–Trinajstić information content (AvgIpc) is 2.54. The van der Waals surface area contributed by atoms with Gasteiger partial charge in [-0.3, -0.25) is 0 Å². The second-order valence-corrected chi connectivity index (χ2v) is 10.1. The molecule has 0 aromatic carbocycles. The number of hydrogen-bond donors (Lipinski definition) is 1. The lowest BCUT2D eigenvalue weighted by Crippen LogP contribution is -2.29. The molecule has 2 heteroatoms. The van der Waals surface area contributed by atoms with Crippen molar-refractivity contribution in [1.82, 2.24) is 5.32 Å². The molecule has 1 saturated carbocycles. The molecule has 1 unspecified atom stereocenters. The van der Waals surface area contributed by atoms with Gasteiger partial charge in [0, 0.05) is 6.54 Å². The van der Waals surface area contributed by atoms with Gasteiger partial charge in [0.2, 0.25) is 0 Å². The van der Waals surface area contributed by atoms with Gasteiger partial charge >= 0.3 is 0 Å². The topological polar surface area (TPSA) is 21.3 Å². The first-order chi connectivity index (χ1) is 11.8. The van der Waals surface area contributed by atoms with Gasteiger partial charge in [0.05, 0.1) is 0 Å². The molecule has 1 N–H and O–H groups in total. The van der Waals surface area contributed by atoms with Crippen molar-refractivity contribution in [3.05, 3.63) is 24.0 Å². The third-order valence-electron chi connectivity index (χ3n) is 5.76. The SMILES string of the molecule is CC(C)(C)CC(C)(C)C1C=CC(OCCNCC2CCCCC2)=CC1. The van der Waals surface area contributed by atoms with Crippen LogP contribution in [0.25, 0.3) is 0 Å². The van der Waals surface area contributed by atoms with Gasteiger partial charge in [0.25, 0.3) is 0 Å². The summed E-state index contributed by atoms with van der Waals surface area (Å²) in [4.78, 5) is 0. The van der Waals surface area contributed by atoms with Crippen LogP contribution in [0.1, 0.15) is 79.6 Å². The van der Waals surface area contributed by atoms with Crippen molar-refractivity contribution < 1.29 is 4.74 Å². The predicted molar refractivity (Wildman–Crippen MR) is 109 cm³/mol. The molecule has 2 aliphatic rings. The van der Waals surface area contributed by atoms with E-state index in [1.165, 1.54) is 45.1 Å². The van der Waals surface area contributed by atoms with Gasteiger partial charge < -0.3 is 10.1 Å². The first-order valence-electron chi connectivity index (χ1n) is 10.5. The van der Waals surface area contributed by atoms with E-state index in [0.717, 1.165) is 31.2 Å². The van der Waals surface area contributed by atoms with E-state index in [9.17, 15) is 0 Å². The molecule has 25 heavy (non-hydrogen) atoms. The van der Waals surface area contributed by atoms with E-state index in [4.69, 9.17) is 4.74 Å². The molecule has 2 nitrogen and oxygen atoms in total. The fourth-order valence-corrected chi connectivity index (χ4v) is 4.72. The van der Waals surface area contributed by atoms with Crippen LogP contribution in [0.2, 0.25) is 0 Å². The van der Waals surface area contributed by atoms with Crippen LogP contribution in [0, 0.1) is 22.7 Å². The molecule has 2 aliphatic carbocycles. The Hall–Kier alpha value is -0.760. The molecule has 0 amide bonds. The van der Waals surface area contributed by atoms with Gasteiger partial charge in [-0.05, 0) is 67.0 Å². The minimum atomic E-state index is 0.332. The predicted octanol–water partition coefficient (Wildman–Crippen LogP) is 6.10. The maximum Gasteiger partial charge on any atom is 0.115 e. The normalized spacial score (nSPS) is 22.8. The molecule has 1 fully saturated rings. The van der Waals surface area contributed by atoms with E-state index >= 15 is 0 Å². The molecular formula is C23H41NO. The van der Waals surface area contributed by atoms with Gasteiger partial charge in [0.15, 0.2) is 0 Å². The maximum absolute atomic E-state index is 5.95. The van der Waals surface area contributed by atoms with Crippen molar-refractivity contribution in [1.29, 1.82) is 0 Å². The lowest BCUT2D eigenvalue weighted by atomic mass is 9.67. The fraction of sp³-hybridized carbons (Fsp3) is 0.826. The van der Waals surface area contributed by atoms with Crippen LogP contribution in [-0.4, -0.2) is 19.7 Å². The summed E-state index contributed by atoms with van der Waals surface area (Å²) in [5, 5.41) is 3.58. The zero-order valence-electron chi connectivity index (χ0n) is 17.4. The van der Waals surface area contributed by atoms with Crippen molar-refractivity contribution in [3.63, 3.8) is 0 Å². The smallest absolute Gasteiger partial charge is 0.115 e. The van der Waals surface area contributed by atoms with Gasteiger partial charge in [0.1, 0.15) is 12.4 Å². The molecule has 0 aliphatic heterocycles. The Morgan fingerprint density at radius 3 is 2.40 bits per heavy atom. The van der Waals surface area contributed by atoms with Crippen LogP contribution < -0.4 is 5.32 Å². The van der Waals surface area contributed by atoms with Crippen LogP contribution >= 0.6 is 0 Å². The zero-order chi connectivity index (χ0) is 18.3. The van der Waals surface area contributed by atoms with E-state index in [2.05, 4.69) is 58.2 Å². The highest BCUT2D eigenvalue weighted by molar-refractivity contribution is 5.20. The van der Waals surface area contributed by atoms with Crippen molar-refractivity contribution in [3.8, 4) is 0 Å². The van der Waals surface area contributed by atoms with Crippen molar-refractivity contribution >= 4 is 0 Å². The summed E-state index contributed by atoms with van der Waals surface area (Å²) in [6.07, 6.45) is 16.3. The molecule has 0 aromatic heterocycles. The van der Waals surface area contributed by atoms with E-state index < -0.39 is 0 Å². The lowest BCUT2D eigenvalue weighted by Gasteiger charge is -2.38. The zero-order valence-corrected chi connectivity index (χ0v) is 17.4. The number of hydrogen-bond acceptors (Lipinski definition) is 2. The molecule has 0 aromatic rings. The van der Waals surface area contributed by atoms with Gasteiger partial charge in [-0.25, -0.2) is 0 Å². The Morgan fingerprint density at radius 1 is 1.08 bits per heavy atom. The second-order valence-electron chi connectivity index (χ2n) is 10.1. The fourth-order valence-electron chi connectivity index (χ4n) is 4.72. The summed E-state index contributed by atoms with van der Waals surface area (Å²) < 4.78 is 5.95. The standard InChI is InChI=1S/C23H41NO/c1-22(2,3)18-23(4,5)20-11-13-21(14-12-20)25-16-15-24-17-19-9-7-6-8-10-19/h11,13-14,19-20,24H,6-10,12,15-18H2,1-5H3. The minimum Gasteiger partial charge on any atom is -0.493 e. The van der Waals surface area contributed by atoms with Crippen LogP contribution in [0.5, 0.6) is 0 Å². The summed E-state index contributed by atoms with van der Waals surface area (Å²) in [7, 11) is 0. The summed E-state index contributed by atoms with van der Waals surface area (Å²) in [5.41, 5.74) is 0.708. The highest BCUT2D eigenvalue weighted by Gasteiger charge is 2.32. The Morgan fingerprint density at radius 2 is 1.80 bits per heavy atom. The molecule has 2 rings (SSSR count). The van der Waals surface area contributed by atoms with Crippen LogP contribution in [0.4, 0.5) is 0 Å². The van der Waals surface area contributed by atoms with Gasteiger partial charge in [-0.15, -0.1) is 0 Å². The van der Waals surface area contributed by atoms with Crippen molar-refractivity contribution in [2.24, 2.45) is 22.7 Å². The maximum atomic E-state index is 5.95.